The Labute approximate surface area is 144 Å². The number of nitrogens with one attached hydrogen (secondary N) is 1. The number of likely N-dealkylation sites (tertiary alicyclic amines) is 1. The van der Waals surface area contributed by atoms with E-state index in [4.69, 9.17) is 4.74 Å². The molecule has 3 N–H and O–H groups in total. The highest BCUT2D eigenvalue weighted by Gasteiger charge is 2.38. The smallest absolute Gasteiger partial charge is 0.423 e. The van der Waals surface area contributed by atoms with Crippen LogP contribution in [0.4, 0.5) is 0 Å². The van der Waals surface area contributed by atoms with Crippen LogP contribution in [-0.4, -0.2) is 64.0 Å². The first-order chi connectivity index (χ1) is 12.0. The molecule has 1 amide bonds. The Kier molecular flexibility index (Phi) is 4.98. The Balaban J connectivity index is 1.92. The fraction of sp³-hybridized carbons (Fsp3) is 0.312. The van der Waals surface area contributed by atoms with Crippen molar-refractivity contribution in [1.29, 1.82) is 0 Å². The molecular weight excluding hydrogens is 325 g/mol. The van der Waals surface area contributed by atoms with Crippen molar-refractivity contribution in [1.82, 2.24) is 14.9 Å². The van der Waals surface area contributed by atoms with Gasteiger partial charge in [0.25, 0.3) is 5.91 Å². The third kappa shape index (κ3) is 3.34. The second-order valence-corrected chi connectivity index (χ2v) is 5.88. The van der Waals surface area contributed by atoms with Crippen LogP contribution in [0.1, 0.15) is 39.0 Å². The maximum atomic E-state index is 13.0. The van der Waals surface area contributed by atoms with Gasteiger partial charge in [-0.05, 0) is 17.6 Å². The van der Waals surface area contributed by atoms with Crippen molar-refractivity contribution in [3.8, 4) is 0 Å². The maximum absolute atomic E-state index is 13.0. The number of imidazole rings is 1. The van der Waals surface area contributed by atoms with Crippen molar-refractivity contribution in [2.24, 2.45) is 0 Å². The number of methoxy groups -OCH3 is 1. The molecule has 0 bridgehead atoms. The van der Waals surface area contributed by atoms with Crippen molar-refractivity contribution < 1.29 is 24.4 Å². The molecule has 0 saturated carbocycles. The van der Waals surface area contributed by atoms with Crippen molar-refractivity contribution in [2.75, 3.05) is 13.7 Å². The molecule has 130 valence electrons. The lowest BCUT2D eigenvalue weighted by Crippen LogP contribution is -2.35. The zero-order valence-electron chi connectivity index (χ0n) is 13.6. The van der Waals surface area contributed by atoms with E-state index in [1.54, 1.807) is 24.4 Å². The lowest BCUT2D eigenvalue weighted by molar-refractivity contribution is 0.0684. The highest BCUT2D eigenvalue weighted by atomic mass is 16.5. The van der Waals surface area contributed by atoms with E-state index in [-0.39, 0.29) is 29.1 Å². The van der Waals surface area contributed by atoms with Gasteiger partial charge in [0.15, 0.2) is 0 Å². The van der Waals surface area contributed by atoms with Crippen molar-refractivity contribution in [3.05, 3.63) is 47.5 Å². The molecule has 9 heteroatoms. The van der Waals surface area contributed by atoms with Gasteiger partial charge in [-0.15, -0.1) is 0 Å². The summed E-state index contributed by atoms with van der Waals surface area (Å²) in [6.45, 7) is 0.404. The number of carbonyl (C=O) groups is 2. The van der Waals surface area contributed by atoms with E-state index in [2.05, 4.69) is 9.97 Å². The van der Waals surface area contributed by atoms with Gasteiger partial charge >= 0.3 is 7.12 Å². The number of amides is 1. The van der Waals surface area contributed by atoms with Gasteiger partial charge in [-0.2, -0.15) is 0 Å². The summed E-state index contributed by atoms with van der Waals surface area (Å²) in [6, 6.07) is 3.95. The Morgan fingerprint density at radius 2 is 2.28 bits per heavy atom. The molecular formula is C16H18BN3O5. The minimum absolute atomic E-state index is 0.0605. The van der Waals surface area contributed by atoms with E-state index in [0.29, 0.717) is 30.6 Å². The molecule has 1 aromatic heterocycles. The summed E-state index contributed by atoms with van der Waals surface area (Å²) in [5.74, 6) is 0.397. The molecule has 8 nitrogen and oxygen atoms in total. The zero-order chi connectivity index (χ0) is 18.0. The number of nitrogens with zero attached hydrogens (tertiary/aromatic N) is 2. The third-order valence-corrected chi connectivity index (χ3v) is 4.43. The monoisotopic (exact) mass is 343 g/mol. The van der Waals surface area contributed by atoms with Gasteiger partial charge in [0.2, 0.25) is 0 Å². The Morgan fingerprint density at radius 1 is 1.48 bits per heavy atom. The molecule has 1 saturated heterocycles. The molecule has 0 unspecified atom stereocenters. The first kappa shape index (κ1) is 17.3. The summed E-state index contributed by atoms with van der Waals surface area (Å²) in [7, 11) is -0.176. The number of hydrogen-bond donors (Lipinski definition) is 3. The van der Waals surface area contributed by atoms with Crippen molar-refractivity contribution >= 4 is 24.8 Å². The molecule has 1 fully saturated rings. The largest absolute Gasteiger partial charge is 0.489 e. The summed E-state index contributed by atoms with van der Waals surface area (Å²) in [6.07, 6.45) is 4.32. The van der Waals surface area contributed by atoms with E-state index in [0.717, 1.165) is 0 Å². The first-order valence-electron chi connectivity index (χ1n) is 7.83. The summed E-state index contributed by atoms with van der Waals surface area (Å²) < 4.78 is 5.39. The van der Waals surface area contributed by atoms with Crippen LogP contribution in [-0.2, 0) is 4.74 Å². The molecule has 25 heavy (non-hydrogen) atoms. The predicted octanol–water partition coefficient (Wildman–Crippen LogP) is -0.496. The average Bonchev–Trinajstić information content (AvgIpc) is 3.29. The van der Waals surface area contributed by atoms with Gasteiger partial charge in [-0.3, -0.25) is 9.59 Å². The lowest BCUT2D eigenvalue weighted by Gasteiger charge is -2.23. The molecule has 1 aliphatic heterocycles. The van der Waals surface area contributed by atoms with Gasteiger partial charge in [0.05, 0.1) is 12.1 Å². The highest BCUT2D eigenvalue weighted by Crippen LogP contribution is 2.32. The van der Waals surface area contributed by atoms with Crippen LogP contribution in [0.3, 0.4) is 0 Å². The summed E-state index contributed by atoms with van der Waals surface area (Å²) >= 11 is 0. The van der Waals surface area contributed by atoms with Crippen LogP contribution >= 0.6 is 0 Å². The van der Waals surface area contributed by atoms with E-state index in [1.807, 2.05) is 0 Å². The van der Waals surface area contributed by atoms with Crippen molar-refractivity contribution in [2.45, 2.75) is 18.6 Å². The van der Waals surface area contributed by atoms with Gasteiger partial charge < -0.3 is 24.7 Å². The molecule has 0 spiro atoms. The van der Waals surface area contributed by atoms with Gasteiger partial charge in [-0.25, -0.2) is 4.98 Å². The highest BCUT2D eigenvalue weighted by molar-refractivity contribution is 6.60. The van der Waals surface area contributed by atoms with E-state index < -0.39 is 7.12 Å². The molecule has 1 aromatic carbocycles. The quantitative estimate of drug-likeness (QED) is 0.498. The van der Waals surface area contributed by atoms with Crippen LogP contribution in [0, 0.1) is 0 Å². The average molecular weight is 343 g/mol. The van der Waals surface area contributed by atoms with Crippen molar-refractivity contribution in [3.63, 3.8) is 0 Å². The fourth-order valence-electron chi connectivity index (χ4n) is 3.12. The lowest BCUT2D eigenvalue weighted by atomic mass is 9.77. The minimum Gasteiger partial charge on any atom is -0.423 e. The van der Waals surface area contributed by atoms with Crippen LogP contribution in [0.5, 0.6) is 0 Å². The number of H-pyrrole nitrogens is 1. The Hall–Kier alpha value is -2.49. The molecule has 1 aliphatic rings. The molecule has 2 heterocycles. The number of hydrogen-bond acceptors (Lipinski definition) is 6. The summed E-state index contributed by atoms with van der Waals surface area (Å²) in [5, 5.41) is 18.6. The van der Waals surface area contributed by atoms with Crippen LogP contribution in [0.15, 0.2) is 30.6 Å². The fourth-order valence-corrected chi connectivity index (χ4v) is 3.12. The van der Waals surface area contributed by atoms with E-state index >= 15 is 0 Å². The van der Waals surface area contributed by atoms with Crippen LogP contribution < -0.4 is 5.46 Å². The molecule has 2 aromatic rings. The maximum Gasteiger partial charge on any atom is 0.489 e. The first-order valence-corrected chi connectivity index (χ1v) is 7.83. The summed E-state index contributed by atoms with van der Waals surface area (Å²) in [5.41, 5.74) is 0.419. The zero-order valence-corrected chi connectivity index (χ0v) is 13.6. The second kappa shape index (κ2) is 7.18. The number of ether oxygens (including phenoxy) is 1. The van der Waals surface area contributed by atoms with E-state index in [9.17, 15) is 19.6 Å². The Morgan fingerprint density at radius 3 is 2.88 bits per heavy atom. The minimum atomic E-state index is -1.77. The number of aldehydes is 1. The normalized spacial score (nSPS) is 19.9. The molecule has 2 atom stereocenters. The van der Waals surface area contributed by atoms with E-state index in [1.165, 1.54) is 18.2 Å². The standard InChI is InChI=1S/C16H18BN3O5/c1-25-12-7-14(15-18-4-5-19-15)20(8-12)16(22)10-2-3-13(17(23)24)11(6-10)9-21/h2-6,9,12,14,23-24H,7-8H2,1H3,(H,18,19)/t12-,14+/m1/s1. The number of benzene rings is 1. The third-order valence-electron chi connectivity index (χ3n) is 4.43. The predicted molar refractivity (Wildman–Crippen MR) is 89.4 cm³/mol. The number of rotatable bonds is 5. The molecule has 0 radical (unpaired) electrons. The second-order valence-electron chi connectivity index (χ2n) is 5.88. The van der Waals surface area contributed by atoms with Gasteiger partial charge in [-0.1, -0.05) is 6.07 Å². The summed E-state index contributed by atoms with van der Waals surface area (Å²) in [4.78, 5) is 33.1. The SMILES string of the molecule is CO[C@@H]1C[C@@H](c2ncc[nH]2)N(C(=O)c2ccc(B(O)O)c(C=O)c2)C1. The van der Waals surface area contributed by atoms with Crippen LogP contribution in [0.2, 0.25) is 0 Å². The number of aromatic nitrogens is 2. The number of aromatic amines is 1. The van der Waals surface area contributed by atoms with Gasteiger partial charge in [0.1, 0.15) is 12.1 Å². The molecule has 3 rings (SSSR count). The van der Waals surface area contributed by atoms with Gasteiger partial charge in [0, 0.05) is 43.6 Å². The Bertz CT molecular complexity index is 765. The molecule has 0 aliphatic carbocycles. The van der Waals surface area contributed by atoms with Crippen LogP contribution in [0.25, 0.3) is 0 Å². The topological polar surface area (TPSA) is 116 Å². The number of carbonyl (C=O) groups excluding carboxylic acids is 2.